The molecule has 3 saturated carbocycles. The van der Waals surface area contributed by atoms with E-state index in [9.17, 15) is 5.11 Å². The zero-order valence-electron chi connectivity index (χ0n) is 22.2. The minimum absolute atomic E-state index is 0.147. The van der Waals surface area contributed by atoms with E-state index in [0.717, 1.165) is 54.8 Å². The highest BCUT2D eigenvalue weighted by Crippen LogP contribution is 2.67. The molecule has 0 spiro atoms. The molecule has 4 aliphatic carbocycles. The highest BCUT2D eigenvalue weighted by molar-refractivity contribution is 5.28. The SMILES string of the molecule is CC[C@@H](CC[C@@H](C)C1CCC2C3C(CC[C@@]21C)[C@@]1(C)CC[C@H](O)CC1=C[C@@H]3OC)C(C)C. The summed E-state index contributed by atoms with van der Waals surface area (Å²) in [5.74, 6) is 5.62. The molecule has 0 aliphatic heterocycles. The Labute approximate surface area is 199 Å². The molecule has 0 radical (unpaired) electrons. The standard InChI is InChI=1S/C30H52O2/c1-8-21(19(2)3)10-9-20(4)24-11-12-25-28-26(14-16-30(24,25)6)29(5)15-13-23(31)17-22(29)18-27(28)32-7/h18-21,23-28,31H,8-17H2,1-7H3/t20-,21+,23+,24?,25?,26?,27+,28?,29+,30-/m1/s1. The lowest BCUT2D eigenvalue weighted by atomic mass is 9.46. The molecule has 0 heterocycles. The minimum Gasteiger partial charge on any atom is -0.393 e. The van der Waals surface area contributed by atoms with Gasteiger partial charge in [0.25, 0.3) is 0 Å². The third-order valence-electron chi connectivity index (χ3n) is 11.6. The smallest absolute Gasteiger partial charge is 0.0788 e. The molecule has 0 aromatic carbocycles. The summed E-state index contributed by atoms with van der Waals surface area (Å²) in [4.78, 5) is 0. The van der Waals surface area contributed by atoms with Crippen molar-refractivity contribution in [2.24, 2.45) is 52.3 Å². The number of hydrogen-bond donors (Lipinski definition) is 1. The topological polar surface area (TPSA) is 29.5 Å². The quantitative estimate of drug-likeness (QED) is 0.409. The van der Waals surface area contributed by atoms with Crippen LogP contribution in [0.25, 0.3) is 0 Å². The van der Waals surface area contributed by atoms with Gasteiger partial charge in [0.15, 0.2) is 0 Å². The molecule has 184 valence electrons. The molecule has 1 N–H and O–H groups in total. The first kappa shape index (κ1) is 24.8. The van der Waals surface area contributed by atoms with Crippen molar-refractivity contribution in [2.45, 2.75) is 118 Å². The van der Waals surface area contributed by atoms with Crippen molar-refractivity contribution in [3.8, 4) is 0 Å². The fourth-order valence-corrected chi connectivity index (χ4v) is 9.49. The average Bonchev–Trinajstić information content (AvgIpc) is 3.11. The third-order valence-corrected chi connectivity index (χ3v) is 11.6. The average molecular weight is 445 g/mol. The Morgan fingerprint density at radius 2 is 1.78 bits per heavy atom. The van der Waals surface area contributed by atoms with Crippen molar-refractivity contribution in [1.82, 2.24) is 0 Å². The van der Waals surface area contributed by atoms with Gasteiger partial charge < -0.3 is 9.84 Å². The van der Waals surface area contributed by atoms with Crippen LogP contribution in [-0.2, 0) is 4.74 Å². The maximum absolute atomic E-state index is 10.4. The predicted octanol–water partition coefficient (Wildman–Crippen LogP) is 7.65. The molecular formula is C30H52O2. The molecule has 4 rings (SSSR count). The van der Waals surface area contributed by atoms with Gasteiger partial charge >= 0.3 is 0 Å². The molecule has 0 aromatic rings. The van der Waals surface area contributed by atoms with Crippen LogP contribution in [-0.4, -0.2) is 24.4 Å². The molecule has 10 atom stereocenters. The molecule has 32 heavy (non-hydrogen) atoms. The van der Waals surface area contributed by atoms with E-state index < -0.39 is 0 Å². The number of fused-ring (bicyclic) bond motifs is 5. The summed E-state index contributed by atoms with van der Waals surface area (Å²) < 4.78 is 6.20. The monoisotopic (exact) mass is 444 g/mol. The van der Waals surface area contributed by atoms with Crippen LogP contribution in [0.15, 0.2) is 11.6 Å². The number of hydrogen-bond acceptors (Lipinski definition) is 2. The lowest BCUT2D eigenvalue weighted by Gasteiger charge is -2.60. The Morgan fingerprint density at radius 1 is 1.03 bits per heavy atom. The maximum Gasteiger partial charge on any atom is 0.0788 e. The molecule has 2 nitrogen and oxygen atoms in total. The van der Waals surface area contributed by atoms with Crippen LogP contribution in [0, 0.1) is 52.3 Å². The Kier molecular flexibility index (Phi) is 7.25. The molecule has 0 amide bonds. The normalized spacial score (nSPS) is 45.6. The fourth-order valence-electron chi connectivity index (χ4n) is 9.49. The van der Waals surface area contributed by atoms with Crippen molar-refractivity contribution in [2.75, 3.05) is 7.11 Å². The van der Waals surface area contributed by atoms with Gasteiger partial charge in [-0.3, -0.25) is 0 Å². The van der Waals surface area contributed by atoms with E-state index in [1.165, 1.54) is 50.5 Å². The van der Waals surface area contributed by atoms with Crippen molar-refractivity contribution < 1.29 is 9.84 Å². The van der Waals surface area contributed by atoms with Crippen LogP contribution in [0.1, 0.15) is 106 Å². The zero-order chi connectivity index (χ0) is 23.3. The van der Waals surface area contributed by atoms with Crippen LogP contribution in [0.5, 0.6) is 0 Å². The van der Waals surface area contributed by atoms with Gasteiger partial charge in [0.05, 0.1) is 12.2 Å². The summed E-state index contributed by atoms with van der Waals surface area (Å²) in [5.41, 5.74) is 2.28. The molecule has 3 fully saturated rings. The Morgan fingerprint density at radius 3 is 2.44 bits per heavy atom. The van der Waals surface area contributed by atoms with Gasteiger partial charge in [0.2, 0.25) is 0 Å². The van der Waals surface area contributed by atoms with Crippen molar-refractivity contribution in [3.63, 3.8) is 0 Å². The van der Waals surface area contributed by atoms with Gasteiger partial charge in [-0.05, 0) is 104 Å². The predicted molar refractivity (Wildman–Crippen MR) is 134 cm³/mol. The second kappa shape index (κ2) is 9.37. The van der Waals surface area contributed by atoms with E-state index in [-0.39, 0.29) is 17.6 Å². The number of rotatable bonds is 7. The van der Waals surface area contributed by atoms with E-state index in [4.69, 9.17) is 4.74 Å². The van der Waals surface area contributed by atoms with Gasteiger partial charge in [-0.1, -0.05) is 66.0 Å². The summed E-state index contributed by atoms with van der Waals surface area (Å²) >= 11 is 0. The Bertz CT molecular complexity index is 682. The largest absolute Gasteiger partial charge is 0.393 e. The highest BCUT2D eigenvalue weighted by atomic mass is 16.5. The lowest BCUT2D eigenvalue weighted by Crippen LogP contribution is -2.55. The summed E-state index contributed by atoms with van der Waals surface area (Å²) in [6.45, 7) is 15.0. The Balaban J connectivity index is 1.54. The van der Waals surface area contributed by atoms with Crippen LogP contribution < -0.4 is 0 Å². The zero-order valence-corrected chi connectivity index (χ0v) is 22.2. The summed E-state index contributed by atoms with van der Waals surface area (Å²) in [7, 11) is 1.93. The van der Waals surface area contributed by atoms with E-state index in [1.54, 1.807) is 0 Å². The van der Waals surface area contributed by atoms with E-state index in [2.05, 4.69) is 47.6 Å². The van der Waals surface area contributed by atoms with Crippen molar-refractivity contribution in [3.05, 3.63) is 11.6 Å². The highest BCUT2D eigenvalue weighted by Gasteiger charge is 2.61. The molecule has 0 aromatic heterocycles. The maximum atomic E-state index is 10.4. The third kappa shape index (κ3) is 4.04. The van der Waals surface area contributed by atoms with E-state index >= 15 is 0 Å². The molecule has 0 saturated heterocycles. The first-order valence-electron chi connectivity index (χ1n) is 14.1. The Hall–Kier alpha value is -0.340. The molecule has 2 heteroatoms. The van der Waals surface area contributed by atoms with Gasteiger partial charge in [-0.25, -0.2) is 0 Å². The second-order valence-electron chi connectivity index (χ2n) is 13.2. The summed E-state index contributed by atoms with van der Waals surface area (Å²) in [6.07, 6.45) is 15.3. The van der Waals surface area contributed by atoms with E-state index in [1.807, 2.05) is 7.11 Å². The fraction of sp³-hybridized carbons (Fsp3) is 0.933. The van der Waals surface area contributed by atoms with E-state index in [0.29, 0.717) is 11.3 Å². The lowest BCUT2D eigenvalue weighted by molar-refractivity contribution is -0.106. The van der Waals surface area contributed by atoms with Gasteiger partial charge in [0.1, 0.15) is 0 Å². The van der Waals surface area contributed by atoms with Crippen molar-refractivity contribution >= 4 is 0 Å². The van der Waals surface area contributed by atoms with Crippen LogP contribution in [0.2, 0.25) is 0 Å². The number of ether oxygens (including phenoxy) is 1. The summed E-state index contributed by atoms with van der Waals surface area (Å²) in [5, 5.41) is 10.4. The molecule has 4 unspecified atom stereocenters. The van der Waals surface area contributed by atoms with Crippen molar-refractivity contribution in [1.29, 1.82) is 0 Å². The number of methoxy groups -OCH3 is 1. The first-order chi connectivity index (χ1) is 15.2. The first-order valence-corrected chi connectivity index (χ1v) is 14.1. The summed E-state index contributed by atoms with van der Waals surface area (Å²) in [6, 6.07) is 0. The molecule has 0 bridgehead atoms. The van der Waals surface area contributed by atoms with Gasteiger partial charge in [-0.15, -0.1) is 0 Å². The molecule has 4 aliphatic rings. The van der Waals surface area contributed by atoms with Crippen LogP contribution in [0.3, 0.4) is 0 Å². The van der Waals surface area contributed by atoms with Crippen LogP contribution in [0.4, 0.5) is 0 Å². The van der Waals surface area contributed by atoms with Gasteiger partial charge in [0, 0.05) is 7.11 Å². The minimum atomic E-state index is -0.147. The second-order valence-corrected chi connectivity index (χ2v) is 13.2. The number of aliphatic hydroxyl groups excluding tert-OH is 1. The van der Waals surface area contributed by atoms with Gasteiger partial charge in [-0.2, -0.15) is 0 Å². The molecular weight excluding hydrogens is 392 g/mol. The number of aliphatic hydroxyl groups is 1. The van der Waals surface area contributed by atoms with Crippen LogP contribution >= 0.6 is 0 Å².